The Morgan fingerprint density at radius 3 is 2.61 bits per heavy atom. The number of rotatable bonds is 5. The minimum atomic E-state index is -0.717. The number of hydrogen-bond acceptors (Lipinski definition) is 3. The molecule has 4 aliphatic rings. The quantitative estimate of drug-likeness (QED) is 0.573. The fraction of sp³-hybridized carbons (Fsp3) is 0.567. The first-order valence-electron chi connectivity index (χ1n) is 12.8. The van der Waals surface area contributed by atoms with Gasteiger partial charge in [-0.2, -0.15) is 0 Å². The summed E-state index contributed by atoms with van der Waals surface area (Å²) >= 11 is 0. The first-order valence-corrected chi connectivity index (χ1v) is 12.8. The zero-order valence-corrected chi connectivity index (χ0v) is 20.2. The van der Waals surface area contributed by atoms with Crippen molar-refractivity contribution in [1.29, 1.82) is 0 Å². The van der Waals surface area contributed by atoms with E-state index in [2.05, 4.69) is 37.8 Å². The number of aliphatic hydroxyl groups is 2. The third kappa shape index (κ3) is 3.59. The Morgan fingerprint density at radius 1 is 1.15 bits per heavy atom. The smallest absolute Gasteiger partial charge is 0.156 e. The van der Waals surface area contributed by atoms with Gasteiger partial charge in [0, 0.05) is 24.4 Å². The van der Waals surface area contributed by atoms with Gasteiger partial charge in [0.1, 0.15) is 0 Å². The van der Waals surface area contributed by atoms with Crippen LogP contribution in [-0.4, -0.2) is 28.2 Å². The van der Waals surface area contributed by atoms with Crippen LogP contribution in [0.2, 0.25) is 0 Å². The third-order valence-corrected chi connectivity index (χ3v) is 9.61. The minimum Gasteiger partial charge on any atom is -0.396 e. The molecule has 0 heterocycles. The zero-order valence-electron chi connectivity index (χ0n) is 20.2. The average molecular weight is 447 g/mol. The first kappa shape index (κ1) is 22.8. The number of carbonyl (C=O) groups is 1. The van der Waals surface area contributed by atoms with Crippen molar-refractivity contribution in [2.75, 3.05) is 6.61 Å². The molecule has 1 aromatic carbocycles. The van der Waals surface area contributed by atoms with E-state index in [1.54, 1.807) is 5.57 Å². The maximum absolute atomic E-state index is 12.2. The number of hydrogen-bond donors (Lipinski definition) is 2. The Balaban J connectivity index is 1.63. The molecule has 2 N–H and O–H groups in total. The van der Waals surface area contributed by atoms with Gasteiger partial charge >= 0.3 is 0 Å². The molecule has 0 saturated heterocycles. The topological polar surface area (TPSA) is 57.5 Å². The van der Waals surface area contributed by atoms with Crippen molar-refractivity contribution in [3.8, 4) is 0 Å². The van der Waals surface area contributed by atoms with E-state index in [-0.39, 0.29) is 23.7 Å². The number of carbonyl (C=O) groups excluding carboxylic acids is 1. The summed E-state index contributed by atoms with van der Waals surface area (Å²) in [6, 6.07) is 8.89. The largest absolute Gasteiger partial charge is 0.396 e. The van der Waals surface area contributed by atoms with Crippen LogP contribution in [-0.2, 0) is 4.79 Å². The normalized spacial score (nSPS) is 35.6. The molecule has 0 aromatic heterocycles. The predicted octanol–water partition coefficient (Wildman–Crippen LogP) is 6.12. The van der Waals surface area contributed by atoms with Gasteiger partial charge < -0.3 is 10.2 Å². The van der Waals surface area contributed by atoms with Crippen LogP contribution < -0.4 is 0 Å². The molecule has 0 aliphatic heterocycles. The van der Waals surface area contributed by atoms with Crippen LogP contribution in [0.3, 0.4) is 0 Å². The first-order chi connectivity index (χ1) is 15.8. The Hall–Kier alpha value is -1.97. The fourth-order valence-corrected chi connectivity index (χ4v) is 7.84. The van der Waals surface area contributed by atoms with Gasteiger partial charge in [-0.25, -0.2) is 0 Å². The van der Waals surface area contributed by atoms with Gasteiger partial charge in [-0.15, -0.1) is 0 Å². The van der Waals surface area contributed by atoms with Crippen molar-refractivity contribution in [3.05, 3.63) is 64.8 Å². The van der Waals surface area contributed by atoms with Crippen molar-refractivity contribution in [3.63, 3.8) is 0 Å². The third-order valence-electron chi connectivity index (χ3n) is 9.61. The lowest BCUT2D eigenvalue weighted by molar-refractivity contribution is -0.114. The summed E-state index contributed by atoms with van der Waals surface area (Å²) < 4.78 is 0. The monoisotopic (exact) mass is 446 g/mol. The lowest BCUT2D eigenvalue weighted by Gasteiger charge is -2.55. The lowest BCUT2D eigenvalue weighted by Crippen LogP contribution is -2.51. The van der Waals surface area contributed by atoms with Crippen molar-refractivity contribution in [2.45, 2.75) is 83.2 Å². The summed E-state index contributed by atoms with van der Waals surface area (Å²) in [5.41, 5.74) is 6.97. The van der Waals surface area contributed by atoms with Gasteiger partial charge in [0.2, 0.25) is 0 Å². The van der Waals surface area contributed by atoms with E-state index < -0.39 is 5.60 Å². The highest BCUT2D eigenvalue weighted by Gasteiger charge is 2.62. The molecule has 5 rings (SSSR count). The Kier molecular flexibility index (Phi) is 5.77. The number of benzene rings is 1. The van der Waals surface area contributed by atoms with Crippen LogP contribution in [0.25, 0.3) is 5.57 Å². The number of fused-ring (bicyclic) bond motifs is 4. The maximum atomic E-state index is 12.2. The van der Waals surface area contributed by atoms with Crippen LogP contribution in [0.15, 0.2) is 53.6 Å². The Morgan fingerprint density at radius 2 is 1.91 bits per heavy atom. The summed E-state index contributed by atoms with van der Waals surface area (Å²) in [4.78, 5) is 12.2. The highest BCUT2D eigenvalue weighted by Crippen LogP contribution is 2.67. The van der Waals surface area contributed by atoms with E-state index in [4.69, 9.17) is 0 Å². The molecule has 0 spiro atoms. The van der Waals surface area contributed by atoms with Gasteiger partial charge in [-0.3, -0.25) is 4.79 Å². The Labute approximate surface area is 198 Å². The van der Waals surface area contributed by atoms with E-state index in [0.29, 0.717) is 31.1 Å². The van der Waals surface area contributed by atoms with Crippen LogP contribution in [0.1, 0.15) is 88.7 Å². The summed E-state index contributed by atoms with van der Waals surface area (Å²) in [6.07, 6.45) is 9.63. The second-order valence-electron chi connectivity index (χ2n) is 11.3. The van der Waals surface area contributed by atoms with E-state index in [0.717, 1.165) is 44.1 Å². The van der Waals surface area contributed by atoms with Gasteiger partial charge in [0.25, 0.3) is 0 Å². The van der Waals surface area contributed by atoms with Crippen molar-refractivity contribution >= 4 is 11.4 Å². The van der Waals surface area contributed by atoms with Gasteiger partial charge in [0.15, 0.2) is 5.78 Å². The molecule has 176 valence electrons. The molecule has 0 bridgehead atoms. The van der Waals surface area contributed by atoms with Gasteiger partial charge in [-0.1, -0.05) is 48.9 Å². The molecule has 2 saturated carbocycles. The summed E-state index contributed by atoms with van der Waals surface area (Å²) in [5, 5.41) is 21.4. The highest BCUT2D eigenvalue weighted by atomic mass is 16.3. The average Bonchev–Trinajstić information content (AvgIpc) is 3.07. The van der Waals surface area contributed by atoms with E-state index in [1.165, 1.54) is 22.3 Å². The molecule has 3 heteroatoms. The van der Waals surface area contributed by atoms with Crippen molar-refractivity contribution in [2.24, 2.45) is 17.3 Å². The maximum Gasteiger partial charge on any atom is 0.156 e. The summed E-state index contributed by atoms with van der Waals surface area (Å²) in [5.74, 6) is 1.48. The molecule has 1 aromatic rings. The molecule has 3 nitrogen and oxygen atoms in total. The number of aliphatic hydroxyl groups excluding tert-OH is 1. The van der Waals surface area contributed by atoms with Crippen LogP contribution >= 0.6 is 0 Å². The Bertz CT molecular complexity index is 1030. The van der Waals surface area contributed by atoms with E-state index in [9.17, 15) is 15.0 Å². The SMILES string of the molecule is C=C(C)c1ccc([C@H]2C[C@@]3(C)[C@@H](CC[C@@]3(O)CCCO)[C@@H]3CCC4=CC(=O)CCC4=C32)cc1. The van der Waals surface area contributed by atoms with Crippen LogP contribution in [0, 0.1) is 17.3 Å². The number of allylic oxidation sites excluding steroid dienone is 5. The standard InChI is InChI=1S/C30H38O3/c1-19(2)20-5-7-21(8-6-20)26-18-29(3)27(13-15-30(29,33)14-4-16-31)25-11-9-22-17-23(32)10-12-24(22)28(25)26/h5-8,17,25-27,31,33H,1,4,9-16,18H2,2-3H3/t25-,26+,27-,29-,30-/m0/s1. The second kappa shape index (κ2) is 8.36. The van der Waals surface area contributed by atoms with E-state index >= 15 is 0 Å². The lowest BCUT2D eigenvalue weighted by atomic mass is 9.51. The number of ketones is 1. The van der Waals surface area contributed by atoms with Crippen molar-refractivity contribution in [1.82, 2.24) is 0 Å². The highest BCUT2D eigenvalue weighted by molar-refractivity contribution is 5.93. The molecule has 4 aliphatic carbocycles. The van der Waals surface area contributed by atoms with E-state index in [1.807, 2.05) is 13.0 Å². The van der Waals surface area contributed by atoms with Crippen molar-refractivity contribution < 1.29 is 15.0 Å². The molecule has 2 fully saturated rings. The molecule has 33 heavy (non-hydrogen) atoms. The van der Waals surface area contributed by atoms with Gasteiger partial charge in [0.05, 0.1) is 5.60 Å². The fourth-order valence-electron chi connectivity index (χ4n) is 7.84. The summed E-state index contributed by atoms with van der Waals surface area (Å²) in [6.45, 7) is 8.60. The minimum absolute atomic E-state index is 0.135. The molecule has 5 atom stereocenters. The zero-order chi connectivity index (χ0) is 23.4. The van der Waals surface area contributed by atoms with Crippen LogP contribution in [0.4, 0.5) is 0 Å². The summed E-state index contributed by atoms with van der Waals surface area (Å²) in [7, 11) is 0. The molecule has 0 radical (unpaired) electrons. The van der Waals surface area contributed by atoms with Gasteiger partial charge in [-0.05, 0) is 98.5 Å². The molecular formula is C30H38O3. The molecule has 0 amide bonds. The molecule has 0 unspecified atom stereocenters. The molecular weight excluding hydrogens is 408 g/mol. The predicted molar refractivity (Wildman–Crippen MR) is 133 cm³/mol. The second-order valence-corrected chi connectivity index (χ2v) is 11.3. The van der Waals surface area contributed by atoms with Crippen LogP contribution in [0.5, 0.6) is 0 Å².